The van der Waals surface area contributed by atoms with E-state index in [0.29, 0.717) is 19.6 Å². The molecule has 0 aliphatic carbocycles. The highest BCUT2D eigenvalue weighted by Crippen LogP contribution is 2.32. The van der Waals surface area contributed by atoms with Gasteiger partial charge in [-0.05, 0) is 62.6 Å². The Bertz CT molecular complexity index is 1050. The molecule has 1 aliphatic heterocycles. The molecule has 0 radical (unpaired) electrons. The van der Waals surface area contributed by atoms with E-state index in [9.17, 15) is 4.79 Å². The van der Waals surface area contributed by atoms with E-state index in [-0.39, 0.29) is 11.9 Å². The van der Waals surface area contributed by atoms with Crippen molar-refractivity contribution >= 4 is 16.8 Å². The van der Waals surface area contributed by atoms with Gasteiger partial charge in [-0.1, -0.05) is 17.7 Å². The monoisotopic (exact) mass is 378 g/mol. The molecular formula is C23H26N2O3. The summed E-state index contributed by atoms with van der Waals surface area (Å²) >= 11 is 0. The molecule has 146 valence electrons. The first-order valence-corrected chi connectivity index (χ1v) is 9.69. The number of aryl methyl sites for hydroxylation is 3. The Morgan fingerprint density at radius 1 is 1.11 bits per heavy atom. The summed E-state index contributed by atoms with van der Waals surface area (Å²) in [4.78, 5) is 16.2. The molecule has 0 bridgehead atoms. The smallest absolute Gasteiger partial charge is 0.224 e. The van der Waals surface area contributed by atoms with Crippen LogP contribution >= 0.6 is 0 Å². The van der Waals surface area contributed by atoms with Gasteiger partial charge in [0.1, 0.15) is 13.2 Å². The Balaban J connectivity index is 1.52. The summed E-state index contributed by atoms with van der Waals surface area (Å²) in [5.41, 5.74) is 6.63. The fraction of sp³-hybridized carbons (Fsp3) is 0.348. The van der Waals surface area contributed by atoms with Gasteiger partial charge in [-0.2, -0.15) is 0 Å². The van der Waals surface area contributed by atoms with Gasteiger partial charge in [-0.15, -0.1) is 0 Å². The normalized spacial score (nSPS) is 14.1. The number of benzene rings is 2. The first-order chi connectivity index (χ1) is 13.4. The van der Waals surface area contributed by atoms with Gasteiger partial charge >= 0.3 is 0 Å². The van der Waals surface area contributed by atoms with E-state index in [4.69, 9.17) is 9.47 Å². The predicted molar refractivity (Wildman–Crippen MR) is 110 cm³/mol. The number of rotatable bonds is 4. The molecule has 1 atom stereocenters. The molecule has 2 N–H and O–H groups in total. The lowest BCUT2D eigenvalue weighted by Gasteiger charge is -2.21. The third-order valence-corrected chi connectivity index (χ3v) is 5.35. The summed E-state index contributed by atoms with van der Waals surface area (Å²) in [6.07, 6.45) is 0.351. The fourth-order valence-electron chi connectivity index (χ4n) is 3.93. The summed E-state index contributed by atoms with van der Waals surface area (Å²) in [5, 5.41) is 4.25. The van der Waals surface area contributed by atoms with Crippen molar-refractivity contribution in [2.24, 2.45) is 0 Å². The van der Waals surface area contributed by atoms with Crippen LogP contribution in [0.5, 0.6) is 11.5 Å². The van der Waals surface area contributed by atoms with Crippen molar-refractivity contribution in [1.82, 2.24) is 10.3 Å². The van der Waals surface area contributed by atoms with Crippen LogP contribution in [0.1, 0.15) is 40.9 Å². The molecule has 0 saturated carbocycles. The standard InChI is InChI=1S/C23H26N2O3/c1-13-9-14(2)23-19(10-13)18(16(4)25-23)12-22(26)24-15(3)17-5-6-20-21(11-17)28-8-7-27-20/h5-6,9-11,15,25H,7-8,12H2,1-4H3,(H,24,26)/t15-/m1/s1. The second-order valence-electron chi connectivity index (χ2n) is 7.60. The SMILES string of the molecule is Cc1cc(C)c2[nH]c(C)c(CC(=O)N[C@H](C)c3ccc4c(c3)OCCO4)c2c1. The van der Waals surface area contributed by atoms with E-state index >= 15 is 0 Å². The number of ether oxygens (including phenoxy) is 2. The first-order valence-electron chi connectivity index (χ1n) is 9.69. The Hall–Kier alpha value is -2.95. The van der Waals surface area contributed by atoms with E-state index in [1.54, 1.807) is 0 Å². The zero-order valence-electron chi connectivity index (χ0n) is 16.8. The number of nitrogens with one attached hydrogen (secondary N) is 2. The molecule has 4 rings (SSSR count). The topological polar surface area (TPSA) is 63.4 Å². The van der Waals surface area contributed by atoms with Crippen molar-refractivity contribution in [2.45, 2.75) is 40.2 Å². The largest absolute Gasteiger partial charge is 0.486 e. The van der Waals surface area contributed by atoms with Crippen molar-refractivity contribution < 1.29 is 14.3 Å². The molecule has 2 aromatic carbocycles. The Morgan fingerprint density at radius 2 is 1.86 bits per heavy atom. The lowest BCUT2D eigenvalue weighted by molar-refractivity contribution is -0.121. The molecule has 1 aliphatic rings. The quantitative estimate of drug-likeness (QED) is 0.712. The highest BCUT2D eigenvalue weighted by molar-refractivity contribution is 5.92. The van der Waals surface area contributed by atoms with Crippen LogP contribution in [0.2, 0.25) is 0 Å². The van der Waals surface area contributed by atoms with Crippen LogP contribution in [0.15, 0.2) is 30.3 Å². The maximum absolute atomic E-state index is 12.8. The molecule has 1 amide bonds. The van der Waals surface area contributed by atoms with Gasteiger partial charge in [0.15, 0.2) is 11.5 Å². The van der Waals surface area contributed by atoms with Gasteiger partial charge in [-0.3, -0.25) is 4.79 Å². The molecule has 0 fully saturated rings. The second kappa shape index (κ2) is 7.23. The summed E-state index contributed by atoms with van der Waals surface area (Å²) in [6.45, 7) is 9.32. The molecule has 1 aromatic heterocycles. The minimum Gasteiger partial charge on any atom is -0.486 e. The van der Waals surface area contributed by atoms with E-state index in [1.165, 1.54) is 11.1 Å². The highest BCUT2D eigenvalue weighted by Gasteiger charge is 2.18. The van der Waals surface area contributed by atoms with Gasteiger partial charge < -0.3 is 19.8 Å². The summed E-state index contributed by atoms with van der Waals surface area (Å²) in [7, 11) is 0. The van der Waals surface area contributed by atoms with Crippen LogP contribution < -0.4 is 14.8 Å². The van der Waals surface area contributed by atoms with Gasteiger partial charge in [0.05, 0.1) is 12.5 Å². The molecule has 5 heteroatoms. The van der Waals surface area contributed by atoms with Crippen LogP contribution in [-0.2, 0) is 11.2 Å². The zero-order valence-corrected chi connectivity index (χ0v) is 16.8. The number of aromatic nitrogens is 1. The van der Waals surface area contributed by atoms with Crippen LogP contribution in [0, 0.1) is 20.8 Å². The maximum Gasteiger partial charge on any atom is 0.224 e. The molecule has 0 spiro atoms. The Kier molecular flexibility index (Phi) is 4.75. The minimum absolute atomic E-state index is 0.00514. The third-order valence-electron chi connectivity index (χ3n) is 5.35. The molecule has 28 heavy (non-hydrogen) atoms. The Morgan fingerprint density at radius 3 is 2.64 bits per heavy atom. The van der Waals surface area contributed by atoms with E-state index in [0.717, 1.165) is 39.2 Å². The van der Waals surface area contributed by atoms with Crippen molar-refractivity contribution in [2.75, 3.05) is 13.2 Å². The average molecular weight is 378 g/mol. The van der Waals surface area contributed by atoms with Crippen molar-refractivity contribution in [3.05, 3.63) is 58.3 Å². The van der Waals surface area contributed by atoms with Crippen LogP contribution in [0.3, 0.4) is 0 Å². The number of carbonyl (C=O) groups is 1. The number of hydrogen-bond acceptors (Lipinski definition) is 3. The predicted octanol–water partition coefficient (Wildman–Crippen LogP) is 4.28. The number of carbonyl (C=O) groups excluding carboxylic acids is 1. The molecule has 5 nitrogen and oxygen atoms in total. The third kappa shape index (κ3) is 3.44. The number of amides is 1. The lowest BCUT2D eigenvalue weighted by Crippen LogP contribution is -2.28. The van der Waals surface area contributed by atoms with Crippen molar-refractivity contribution in [3.8, 4) is 11.5 Å². The van der Waals surface area contributed by atoms with Crippen LogP contribution in [-0.4, -0.2) is 24.1 Å². The molecule has 3 aromatic rings. The fourth-order valence-corrected chi connectivity index (χ4v) is 3.93. The minimum atomic E-state index is -0.114. The number of H-pyrrole nitrogens is 1. The van der Waals surface area contributed by atoms with Gasteiger partial charge in [-0.25, -0.2) is 0 Å². The summed E-state index contributed by atoms with van der Waals surface area (Å²) in [6, 6.07) is 10.0. The van der Waals surface area contributed by atoms with Crippen molar-refractivity contribution in [3.63, 3.8) is 0 Å². The van der Waals surface area contributed by atoms with Crippen molar-refractivity contribution in [1.29, 1.82) is 0 Å². The highest BCUT2D eigenvalue weighted by atomic mass is 16.6. The molecule has 2 heterocycles. The number of fused-ring (bicyclic) bond motifs is 2. The van der Waals surface area contributed by atoms with Crippen LogP contribution in [0.25, 0.3) is 10.9 Å². The maximum atomic E-state index is 12.8. The summed E-state index contributed by atoms with van der Waals surface area (Å²) in [5.74, 6) is 1.50. The molecule has 0 saturated heterocycles. The number of aromatic amines is 1. The number of hydrogen-bond donors (Lipinski definition) is 2. The average Bonchev–Trinajstić information content (AvgIpc) is 2.97. The Labute approximate surface area is 165 Å². The van der Waals surface area contributed by atoms with Gasteiger partial charge in [0, 0.05) is 16.6 Å². The van der Waals surface area contributed by atoms with E-state index < -0.39 is 0 Å². The molecule has 0 unspecified atom stereocenters. The zero-order chi connectivity index (χ0) is 19.8. The van der Waals surface area contributed by atoms with Crippen LogP contribution in [0.4, 0.5) is 0 Å². The van der Waals surface area contributed by atoms with Gasteiger partial charge in [0.2, 0.25) is 5.91 Å². The lowest BCUT2D eigenvalue weighted by atomic mass is 10.0. The first kappa shape index (κ1) is 18.4. The van der Waals surface area contributed by atoms with E-state index in [2.05, 4.69) is 36.3 Å². The molecular weight excluding hydrogens is 352 g/mol. The summed E-state index contributed by atoms with van der Waals surface area (Å²) < 4.78 is 11.2. The van der Waals surface area contributed by atoms with E-state index in [1.807, 2.05) is 32.0 Å². The van der Waals surface area contributed by atoms with Gasteiger partial charge in [0.25, 0.3) is 0 Å². The second-order valence-corrected chi connectivity index (χ2v) is 7.60.